The van der Waals surface area contributed by atoms with E-state index < -0.39 is 27.9 Å². The Labute approximate surface area is 88.0 Å². The molecule has 1 heterocycles. The molecule has 1 atom stereocenters. The van der Waals surface area contributed by atoms with Gasteiger partial charge in [0.05, 0.1) is 12.3 Å². The first-order valence-corrected chi connectivity index (χ1v) is 5.93. The number of carbonyl (C=O) groups excluding carboxylic acids is 2. The number of imide groups is 1. The number of carbonyl (C=O) groups is 2. The Morgan fingerprint density at radius 2 is 2.20 bits per heavy atom. The van der Waals surface area contributed by atoms with Gasteiger partial charge in [0.15, 0.2) is 0 Å². The standard InChI is InChI=1S/C8H12N2O4S/c1-3-4-15(13,14)10-5-7(11)9-8(12)6(10)2/h3,6H,1,4-5H2,2H3,(H,9,11,12). The van der Waals surface area contributed by atoms with E-state index in [1.807, 2.05) is 0 Å². The molecule has 0 bridgehead atoms. The monoisotopic (exact) mass is 232 g/mol. The van der Waals surface area contributed by atoms with E-state index in [4.69, 9.17) is 0 Å². The highest BCUT2D eigenvalue weighted by atomic mass is 32.2. The predicted molar refractivity (Wildman–Crippen MR) is 53.3 cm³/mol. The van der Waals surface area contributed by atoms with E-state index >= 15 is 0 Å². The maximum atomic E-state index is 11.6. The quantitative estimate of drug-likeness (QED) is 0.492. The van der Waals surface area contributed by atoms with E-state index in [1.165, 1.54) is 13.0 Å². The molecule has 7 heteroatoms. The van der Waals surface area contributed by atoms with Gasteiger partial charge in [0.1, 0.15) is 6.04 Å². The Balaban J connectivity index is 2.98. The summed E-state index contributed by atoms with van der Waals surface area (Å²) < 4.78 is 24.1. The van der Waals surface area contributed by atoms with Crippen molar-refractivity contribution >= 4 is 21.8 Å². The van der Waals surface area contributed by atoms with Crippen molar-refractivity contribution in [2.45, 2.75) is 13.0 Å². The molecule has 0 spiro atoms. The number of hydrogen-bond acceptors (Lipinski definition) is 4. The van der Waals surface area contributed by atoms with E-state index in [-0.39, 0.29) is 12.3 Å². The molecule has 0 aromatic heterocycles. The molecule has 1 aliphatic heterocycles. The van der Waals surface area contributed by atoms with Crippen molar-refractivity contribution in [2.75, 3.05) is 12.3 Å². The van der Waals surface area contributed by atoms with Gasteiger partial charge in [-0.3, -0.25) is 14.9 Å². The molecule has 0 aromatic carbocycles. The van der Waals surface area contributed by atoms with Crippen molar-refractivity contribution < 1.29 is 18.0 Å². The summed E-state index contributed by atoms with van der Waals surface area (Å²) in [5.74, 6) is -1.48. The number of amides is 2. The third-order valence-electron chi connectivity index (χ3n) is 2.06. The van der Waals surface area contributed by atoms with Crippen molar-refractivity contribution in [3.05, 3.63) is 12.7 Å². The lowest BCUT2D eigenvalue weighted by Crippen LogP contribution is -2.58. The summed E-state index contributed by atoms with van der Waals surface area (Å²) >= 11 is 0. The summed E-state index contributed by atoms with van der Waals surface area (Å²) in [5, 5.41) is 2.06. The third kappa shape index (κ3) is 2.42. The number of rotatable bonds is 3. The van der Waals surface area contributed by atoms with Crippen LogP contribution in [0.2, 0.25) is 0 Å². The van der Waals surface area contributed by atoms with Crippen LogP contribution in [0.25, 0.3) is 0 Å². The van der Waals surface area contributed by atoms with Crippen LogP contribution >= 0.6 is 0 Å². The average Bonchev–Trinajstić information content (AvgIpc) is 2.11. The van der Waals surface area contributed by atoms with Crippen LogP contribution in [0.4, 0.5) is 0 Å². The molecule has 84 valence electrons. The first-order valence-electron chi connectivity index (χ1n) is 4.32. The van der Waals surface area contributed by atoms with E-state index in [9.17, 15) is 18.0 Å². The van der Waals surface area contributed by atoms with Gasteiger partial charge >= 0.3 is 0 Å². The lowest BCUT2D eigenvalue weighted by atomic mass is 10.2. The highest BCUT2D eigenvalue weighted by molar-refractivity contribution is 7.89. The second-order valence-electron chi connectivity index (χ2n) is 3.20. The second-order valence-corrected chi connectivity index (χ2v) is 5.17. The van der Waals surface area contributed by atoms with Gasteiger partial charge in [-0.05, 0) is 6.92 Å². The Hall–Kier alpha value is -1.21. The molecule has 1 fully saturated rings. The minimum absolute atomic E-state index is 0.280. The maximum Gasteiger partial charge on any atom is 0.244 e. The van der Waals surface area contributed by atoms with Crippen molar-refractivity contribution in [3.63, 3.8) is 0 Å². The Morgan fingerprint density at radius 1 is 1.60 bits per heavy atom. The van der Waals surface area contributed by atoms with E-state index in [1.54, 1.807) is 0 Å². The highest BCUT2D eigenvalue weighted by Gasteiger charge is 2.37. The summed E-state index contributed by atoms with van der Waals surface area (Å²) in [6.45, 7) is 4.43. The normalized spacial score (nSPS) is 23.7. The zero-order chi connectivity index (χ0) is 11.6. The largest absolute Gasteiger partial charge is 0.294 e. The minimum Gasteiger partial charge on any atom is -0.294 e. The van der Waals surface area contributed by atoms with Gasteiger partial charge in [0, 0.05) is 0 Å². The molecule has 0 radical (unpaired) electrons. The zero-order valence-electron chi connectivity index (χ0n) is 8.26. The lowest BCUT2D eigenvalue weighted by molar-refractivity contribution is -0.136. The maximum absolute atomic E-state index is 11.6. The van der Waals surface area contributed by atoms with Crippen LogP contribution in [0.3, 0.4) is 0 Å². The number of nitrogens with zero attached hydrogens (tertiary/aromatic N) is 1. The van der Waals surface area contributed by atoms with E-state index in [0.29, 0.717) is 0 Å². The van der Waals surface area contributed by atoms with Crippen molar-refractivity contribution in [2.24, 2.45) is 0 Å². The van der Waals surface area contributed by atoms with Crippen LogP contribution in [-0.2, 0) is 19.6 Å². The molecule has 15 heavy (non-hydrogen) atoms. The molecule has 0 saturated carbocycles. The SMILES string of the molecule is C=CCS(=O)(=O)N1CC(=O)NC(=O)C1C. The molecule has 1 aliphatic rings. The Bertz CT molecular complexity index is 401. The van der Waals surface area contributed by atoms with E-state index in [2.05, 4.69) is 11.9 Å². The second kappa shape index (κ2) is 4.11. The molecule has 6 nitrogen and oxygen atoms in total. The highest BCUT2D eigenvalue weighted by Crippen LogP contribution is 2.11. The van der Waals surface area contributed by atoms with Gasteiger partial charge in [-0.1, -0.05) is 6.08 Å². The van der Waals surface area contributed by atoms with Crippen LogP contribution in [0.1, 0.15) is 6.92 Å². The van der Waals surface area contributed by atoms with Gasteiger partial charge in [-0.25, -0.2) is 8.42 Å². The van der Waals surface area contributed by atoms with Crippen LogP contribution in [0.5, 0.6) is 0 Å². The molecule has 1 N–H and O–H groups in total. The number of sulfonamides is 1. The topological polar surface area (TPSA) is 83.6 Å². The molecule has 1 unspecified atom stereocenters. The molecule has 1 rings (SSSR count). The van der Waals surface area contributed by atoms with Crippen molar-refractivity contribution in [3.8, 4) is 0 Å². The smallest absolute Gasteiger partial charge is 0.244 e. The predicted octanol–water partition coefficient (Wildman–Crippen LogP) is -1.15. The third-order valence-corrected chi connectivity index (χ3v) is 3.88. The number of hydrogen-bond donors (Lipinski definition) is 1. The summed E-state index contributed by atoms with van der Waals surface area (Å²) in [4.78, 5) is 22.2. The molecule has 0 aromatic rings. The average molecular weight is 232 g/mol. The number of nitrogens with one attached hydrogen (secondary N) is 1. The summed E-state index contributed by atoms with van der Waals surface area (Å²) in [6.07, 6.45) is 1.22. The fraction of sp³-hybridized carbons (Fsp3) is 0.500. The van der Waals surface area contributed by atoms with Crippen LogP contribution in [0, 0.1) is 0 Å². The first kappa shape index (κ1) is 11.9. The Morgan fingerprint density at radius 3 is 2.73 bits per heavy atom. The molecule has 0 aliphatic carbocycles. The molecular formula is C8H12N2O4S. The fourth-order valence-corrected chi connectivity index (χ4v) is 2.66. The summed E-state index contributed by atoms with van der Waals surface area (Å²) in [6, 6.07) is -0.854. The molecule has 2 amide bonds. The zero-order valence-corrected chi connectivity index (χ0v) is 9.08. The van der Waals surface area contributed by atoms with Gasteiger partial charge in [0.25, 0.3) is 0 Å². The van der Waals surface area contributed by atoms with Crippen LogP contribution in [-0.4, -0.2) is 42.9 Å². The number of piperazine rings is 1. The van der Waals surface area contributed by atoms with Crippen LogP contribution in [0.15, 0.2) is 12.7 Å². The molecular weight excluding hydrogens is 220 g/mol. The van der Waals surface area contributed by atoms with Crippen molar-refractivity contribution in [1.82, 2.24) is 9.62 Å². The van der Waals surface area contributed by atoms with Gasteiger partial charge in [-0.2, -0.15) is 4.31 Å². The fourth-order valence-electron chi connectivity index (χ4n) is 1.27. The lowest BCUT2D eigenvalue weighted by Gasteiger charge is -2.30. The van der Waals surface area contributed by atoms with Crippen molar-refractivity contribution in [1.29, 1.82) is 0 Å². The van der Waals surface area contributed by atoms with E-state index in [0.717, 1.165) is 4.31 Å². The van der Waals surface area contributed by atoms with Gasteiger partial charge in [0.2, 0.25) is 21.8 Å². The molecule has 1 saturated heterocycles. The Kier molecular flexibility index (Phi) is 3.25. The minimum atomic E-state index is -3.61. The summed E-state index contributed by atoms with van der Waals surface area (Å²) in [7, 11) is -3.61. The van der Waals surface area contributed by atoms with Gasteiger partial charge < -0.3 is 0 Å². The summed E-state index contributed by atoms with van der Waals surface area (Å²) in [5.41, 5.74) is 0. The van der Waals surface area contributed by atoms with Gasteiger partial charge in [-0.15, -0.1) is 6.58 Å². The van der Waals surface area contributed by atoms with Crippen LogP contribution < -0.4 is 5.32 Å². The first-order chi connectivity index (χ1) is 6.88.